The van der Waals surface area contributed by atoms with E-state index in [2.05, 4.69) is 16.3 Å². The first-order valence-corrected chi connectivity index (χ1v) is 9.22. The number of nitrogens with one attached hydrogen (secondary N) is 1. The van der Waals surface area contributed by atoms with E-state index in [4.69, 9.17) is 5.26 Å². The molecule has 1 saturated heterocycles. The molecule has 0 spiro atoms. The molecule has 0 aromatic carbocycles. The number of piperidine rings is 1. The Kier molecular flexibility index (Phi) is 7.65. The van der Waals surface area contributed by atoms with Crippen LogP contribution in [0.5, 0.6) is 0 Å². The van der Waals surface area contributed by atoms with Crippen LogP contribution < -0.4 is 5.32 Å². The van der Waals surface area contributed by atoms with Crippen molar-refractivity contribution in [3.63, 3.8) is 0 Å². The van der Waals surface area contributed by atoms with Crippen LogP contribution in [0, 0.1) is 23.2 Å². The predicted octanol–water partition coefficient (Wildman–Crippen LogP) is 2.53. The molecule has 1 heterocycles. The van der Waals surface area contributed by atoms with Crippen LogP contribution in [0.15, 0.2) is 0 Å². The van der Waals surface area contributed by atoms with Gasteiger partial charge in [-0.25, -0.2) is 0 Å². The molecule has 0 radical (unpaired) electrons. The number of nitriles is 1. The molecule has 126 valence electrons. The largest absolute Gasteiger partial charge is 0.393 e. The third-order valence-corrected chi connectivity index (χ3v) is 5.40. The molecule has 1 saturated carbocycles. The van der Waals surface area contributed by atoms with Crippen LogP contribution in [0.3, 0.4) is 0 Å². The maximum Gasteiger partial charge on any atom is 0.0866 e. The second-order valence-electron chi connectivity index (χ2n) is 7.36. The summed E-state index contributed by atoms with van der Waals surface area (Å²) in [7, 11) is 0. The molecular formula is C18H33N3O. The van der Waals surface area contributed by atoms with Gasteiger partial charge < -0.3 is 10.4 Å². The highest BCUT2D eigenvalue weighted by Gasteiger charge is 2.28. The summed E-state index contributed by atoms with van der Waals surface area (Å²) >= 11 is 0. The summed E-state index contributed by atoms with van der Waals surface area (Å²) in [5.41, 5.74) is 0. The summed E-state index contributed by atoms with van der Waals surface area (Å²) in [4.78, 5) is 2.26. The van der Waals surface area contributed by atoms with Crippen molar-refractivity contribution in [3.8, 4) is 6.07 Å². The van der Waals surface area contributed by atoms with Gasteiger partial charge in [0.25, 0.3) is 0 Å². The molecule has 2 aliphatic rings. The van der Waals surface area contributed by atoms with E-state index in [9.17, 15) is 5.11 Å². The van der Waals surface area contributed by atoms with Gasteiger partial charge in [-0.05, 0) is 50.5 Å². The van der Waals surface area contributed by atoms with Crippen LogP contribution in [0.4, 0.5) is 0 Å². The topological polar surface area (TPSA) is 59.3 Å². The first-order chi connectivity index (χ1) is 10.7. The Labute approximate surface area is 135 Å². The van der Waals surface area contributed by atoms with Crippen molar-refractivity contribution in [2.75, 3.05) is 26.2 Å². The minimum atomic E-state index is -0.189. The highest BCUT2D eigenvalue weighted by molar-refractivity contribution is 4.89. The van der Waals surface area contributed by atoms with Crippen molar-refractivity contribution in [1.82, 2.24) is 10.2 Å². The van der Waals surface area contributed by atoms with E-state index in [-0.39, 0.29) is 6.10 Å². The second-order valence-corrected chi connectivity index (χ2v) is 7.36. The van der Waals surface area contributed by atoms with Crippen LogP contribution in [0.25, 0.3) is 0 Å². The SMILES string of the molecule is CCC(O)CC1CC(NCC2CCCCC2)CN(CC#N)C1. The molecule has 0 aromatic heterocycles. The number of hydrogen-bond donors (Lipinski definition) is 2. The fourth-order valence-corrected chi connectivity index (χ4v) is 4.13. The van der Waals surface area contributed by atoms with Crippen LogP contribution >= 0.6 is 0 Å². The fraction of sp³-hybridized carbons (Fsp3) is 0.944. The standard InChI is InChI=1S/C18H33N3O/c1-2-18(22)11-16-10-17(14-21(13-16)9-8-19)20-12-15-6-4-3-5-7-15/h15-18,20,22H,2-7,9-14H2,1H3. The van der Waals surface area contributed by atoms with Gasteiger partial charge in [-0.2, -0.15) is 5.26 Å². The highest BCUT2D eigenvalue weighted by Crippen LogP contribution is 2.25. The quantitative estimate of drug-likeness (QED) is 0.710. The Morgan fingerprint density at radius 1 is 1.23 bits per heavy atom. The van der Waals surface area contributed by atoms with Crippen LogP contribution in [-0.2, 0) is 0 Å². The fourth-order valence-electron chi connectivity index (χ4n) is 4.13. The summed E-state index contributed by atoms with van der Waals surface area (Å²) in [6.07, 6.45) is 9.60. The minimum Gasteiger partial charge on any atom is -0.393 e. The molecule has 2 rings (SSSR count). The minimum absolute atomic E-state index is 0.189. The molecule has 4 nitrogen and oxygen atoms in total. The third-order valence-electron chi connectivity index (χ3n) is 5.40. The van der Waals surface area contributed by atoms with Crippen molar-refractivity contribution >= 4 is 0 Å². The highest BCUT2D eigenvalue weighted by atomic mass is 16.3. The average molecular weight is 307 g/mol. The summed E-state index contributed by atoms with van der Waals surface area (Å²) in [6.45, 7) is 5.64. The summed E-state index contributed by atoms with van der Waals surface area (Å²) in [5.74, 6) is 1.36. The van der Waals surface area contributed by atoms with Crippen LogP contribution in [0.1, 0.15) is 58.3 Å². The maximum atomic E-state index is 9.94. The van der Waals surface area contributed by atoms with Crippen molar-refractivity contribution in [2.24, 2.45) is 11.8 Å². The first-order valence-electron chi connectivity index (χ1n) is 9.22. The normalized spacial score (nSPS) is 29.1. The summed E-state index contributed by atoms with van der Waals surface area (Å²) in [6, 6.07) is 2.77. The van der Waals surface area contributed by atoms with Crippen molar-refractivity contribution in [1.29, 1.82) is 5.26 Å². The van der Waals surface area contributed by atoms with Gasteiger partial charge in [0, 0.05) is 19.1 Å². The number of aliphatic hydroxyl groups is 1. The van der Waals surface area contributed by atoms with E-state index in [0.717, 1.165) is 44.8 Å². The zero-order valence-corrected chi connectivity index (χ0v) is 14.1. The lowest BCUT2D eigenvalue weighted by atomic mass is 9.87. The number of rotatable bonds is 7. The lowest BCUT2D eigenvalue weighted by Gasteiger charge is -2.38. The molecule has 3 unspecified atom stereocenters. The molecule has 2 fully saturated rings. The van der Waals surface area contributed by atoms with Crippen LogP contribution in [-0.4, -0.2) is 48.3 Å². The summed E-state index contributed by atoms with van der Waals surface area (Å²) in [5, 5.41) is 22.7. The molecule has 22 heavy (non-hydrogen) atoms. The maximum absolute atomic E-state index is 9.94. The van der Waals surface area contributed by atoms with Gasteiger partial charge >= 0.3 is 0 Å². The van der Waals surface area contributed by atoms with Gasteiger partial charge in [0.2, 0.25) is 0 Å². The molecule has 1 aliphatic carbocycles. The van der Waals surface area contributed by atoms with Gasteiger partial charge in [-0.1, -0.05) is 26.2 Å². The van der Waals surface area contributed by atoms with Gasteiger partial charge in [-0.3, -0.25) is 4.90 Å². The Morgan fingerprint density at radius 3 is 2.68 bits per heavy atom. The molecule has 3 atom stereocenters. The first kappa shape index (κ1) is 17.7. The van der Waals surface area contributed by atoms with E-state index in [1.165, 1.54) is 32.1 Å². The Hall–Kier alpha value is -0.630. The third kappa shape index (κ3) is 5.87. The monoisotopic (exact) mass is 307 g/mol. The van der Waals surface area contributed by atoms with E-state index in [0.29, 0.717) is 18.5 Å². The van der Waals surface area contributed by atoms with Crippen LogP contribution in [0.2, 0.25) is 0 Å². The predicted molar refractivity (Wildman–Crippen MR) is 89.4 cm³/mol. The average Bonchev–Trinajstić information content (AvgIpc) is 2.54. The number of hydrogen-bond acceptors (Lipinski definition) is 4. The lowest BCUT2D eigenvalue weighted by Crippen LogP contribution is -2.50. The second kappa shape index (κ2) is 9.50. The number of likely N-dealkylation sites (tertiary alicyclic amines) is 1. The molecule has 1 aliphatic heterocycles. The van der Waals surface area contributed by atoms with E-state index >= 15 is 0 Å². The van der Waals surface area contributed by atoms with Crippen molar-refractivity contribution in [2.45, 2.75) is 70.4 Å². The summed E-state index contributed by atoms with van der Waals surface area (Å²) < 4.78 is 0. The van der Waals surface area contributed by atoms with Gasteiger partial charge in [0.1, 0.15) is 0 Å². The van der Waals surface area contributed by atoms with E-state index < -0.39 is 0 Å². The van der Waals surface area contributed by atoms with Crippen molar-refractivity contribution in [3.05, 3.63) is 0 Å². The molecule has 4 heteroatoms. The Morgan fingerprint density at radius 2 is 2.00 bits per heavy atom. The van der Waals surface area contributed by atoms with Gasteiger partial charge in [0.15, 0.2) is 0 Å². The molecule has 2 N–H and O–H groups in total. The number of nitrogens with zero attached hydrogens (tertiary/aromatic N) is 2. The zero-order chi connectivity index (χ0) is 15.8. The number of aliphatic hydroxyl groups excluding tert-OH is 1. The molecule has 0 bridgehead atoms. The van der Waals surface area contributed by atoms with E-state index in [1.807, 2.05) is 6.92 Å². The van der Waals surface area contributed by atoms with Gasteiger partial charge in [0.05, 0.1) is 18.7 Å². The van der Waals surface area contributed by atoms with Gasteiger partial charge in [-0.15, -0.1) is 0 Å². The molecule has 0 amide bonds. The zero-order valence-electron chi connectivity index (χ0n) is 14.1. The van der Waals surface area contributed by atoms with Crippen molar-refractivity contribution < 1.29 is 5.11 Å². The smallest absolute Gasteiger partial charge is 0.0866 e. The Bertz CT molecular complexity index is 349. The molecular weight excluding hydrogens is 274 g/mol. The lowest BCUT2D eigenvalue weighted by molar-refractivity contribution is 0.0881. The molecule has 0 aromatic rings. The Balaban J connectivity index is 1.81. The van der Waals surface area contributed by atoms with E-state index in [1.54, 1.807) is 0 Å².